The molecule has 1 rings (SSSR count). The number of allylic oxidation sites excluding steroid dienone is 1. The average molecular weight is 261 g/mol. The van der Waals surface area contributed by atoms with E-state index in [1.165, 1.54) is 6.08 Å². The Morgan fingerprint density at radius 2 is 2.00 bits per heavy atom. The molecule has 0 saturated heterocycles. The highest BCUT2D eigenvalue weighted by atomic mass is 35.7. The maximum absolute atomic E-state index is 10.7. The van der Waals surface area contributed by atoms with E-state index in [9.17, 15) is 8.42 Å². The first-order chi connectivity index (χ1) is 7.53. The van der Waals surface area contributed by atoms with E-state index in [0.29, 0.717) is 6.42 Å². The fraction of sp³-hybridized carbons (Fsp3) is 0.273. The summed E-state index contributed by atoms with van der Waals surface area (Å²) < 4.78 is 26.5. The summed E-state index contributed by atoms with van der Waals surface area (Å²) in [5, 5.41) is 0. The molecule has 0 bridgehead atoms. The molecule has 88 valence electrons. The molecule has 0 aliphatic rings. The standard InChI is InChI=1S/C11H13ClO3S/c1-15-11-8-3-2-6-10(11)7-4-5-9-16(12,13)14/h2-6,8H,7,9H2,1H3/b5-4-. The minimum atomic E-state index is -3.44. The van der Waals surface area contributed by atoms with Crippen LogP contribution >= 0.6 is 10.7 Å². The molecule has 0 amide bonds. The second-order valence-electron chi connectivity index (χ2n) is 3.19. The van der Waals surface area contributed by atoms with Crippen LogP contribution in [0, 0.1) is 0 Å². The van der Waals surface area contributed by atoms with Crippen molar-refractivity contribution in [2.75, 3.05) is 12.9 Å². The zero-order valence-electron chi connectivity index (χ0n) is 8.89. The molecule has 0 unspecified atom stereocenters. The van der Waals surface area contributed by atoms with Crippen molar-refractivity contribution in [1.82, 2.24) is 0 Å². The van der Waals surface area contributed by atoms with Crippen LogP contribution in [0.25, 0.3) is 0 Å². The van der Waals surface area contributed by atoms with Crippen LogP contribution in [0.4, 0.5) is 0 Å². The molecule has 0 atom stereocenters. The number of para-hydroxylation sites is 1. The minimum Gasteiger partial charge on any atom is -0.496 e. The molecule has 0 aromatic heterocycles. The molecule has 0 spiro atoms. The largest absolute Gasteiger partial charge is 0.496 e. The van der Waals surface area contributed by atoms with Crippen molar-refractivity contribution in [1.29, 1.82) is 0 Å². The maximum Gasteiger partial charge on any atom is 0.236 e. The van der Waals surface area contributed by atoms with Gasteiger partial charge in [-0.15, -0.1) is 0 Å². The van der Waals surface area contributed by atoms with E-state index in [2.05, 4.69) is 0 Å². The van der Waals surface area contributed by atoms with Crippen LogP contribution in [0.1, 0.15) is 5.56 Å². The first-order valence-corrected chi connectivity index (χ1v) is 7.20. The van der Waals surface area contributed by atoms with Crippen LogP contribution in [0.3, 0.4) is 0 Å². The molecule has 0 aliphatic carbocycles. The highest BCUT2D eigenvalue weighted by Crippen LogP contribution is 2.17. The predicted molar refractivity (Wildman–Crippen MR) is 65.5 cm³/mol. The second kappa shape index (κ2) is 5.92. The Balaban J connectivity index is 2.61. The number of hydrogen-bond acceptors (Lipinski definition) is 3. The van der Waals surface area contributed by atoms with Gasteiger partial charge in [-0.25, -0.2) is 8.42 Å². The third kappa shape index (κ3) is 4.68. The summed E-state index contributed by atoms with van der Waals surface area (Å²) in [7, 11) is 3.23. The quantitative estimate of drug-likeness (QED) is 0.603. The Labute approximate surface area is 100 Å². The fourth-order valence-electron chi connectivity index (χ4n) is 1.26. The zero-order valence-corrected chi connectivity index (χ0v) is 10.5. The third-order valence-corrected chi connectivity index (χ3v) is 2.96. The molecule has 0 radical (unpaired) electrons. The first kappa shape index (κ1) is 13.1. The zero-order chi connectivity index (χ0) is 12.0. The molecule has 0 aliphatic heterocycles. The van der Waals surface area contributed by atoms with E-state index < -0.39 is 9.05 Å². The number of rotatable bonds is 5. The number of benzene rings is 1. The molecule has 1 aromatic rings. The summed E-state index contributed by atoms with van der Waals surface area (Å²) in [6, 6.07) is 7.58. The van der Waals surface area contributed by atoms with Crippen molar-refractivity contribution in [3.63, 3.8) is 0 Å². The van der Waals surface area contributed by atoms with Crippen molar-refractivity contribution in [3.8, 4) is 5.75 Å². The van der Waals surface area contributed by atoms with Gasteiger partial charge in [-0.2, -0.15) is 0 Å². The average Bonchev–Trinajstić information content (AvgIpc) is 2.23. The molecule has 16 heavy (non-hydrogen) atoms. The lowest BCUT2D eigenvalue weighted by Crippen LogP contribution is -1.93. The third-order valence-electron chi connectivity index (χ3n) is 1.99. The molecule has 0 heterocycles. The Bertz CT molecular complexity index is 466. The van der Waals surface area contributed by atoms with Gasteiger partial charge in [0.2, 0.25) is 9.05 Å². The Morgan fingerprint density at radius 1 is 1.31 bits per heavy atom. The summed E-state index contributed by atoms with van der Waals surface area (Å²) in [5.74, 6) is 0.643. The maximum atomic E-state index is 10.7. The monoisotopic (exact) mass is 260 g/mol. The van der Waals surface area contributed by atoms with Crippen LogP contribution in [0.5, 0.6) is 5.75 Å². The molecular formula is C11H13ClO3S. The smallest absolute Gasteiger partial charge is 0.236 e. The number of halogens is 1. The van der Waals surface area contributed by atoms with Gasteiger partial charge >= 0.3 is 0 Å². The number of ether oxygens (including phenoxy) is 1. The molecule has 0 fully saturated rings. The minimum absolute atomic E-state index is 0.149. The first-order valence-electron chi connectivity index (χ1n) is 4.72. The second-order valence-corrected chi connectivity index (χ2v) is 6.01. The van der Waals surface area contributed by atoms with E-state index in [-0.39, 0.29) is 5.75 Å². The SMILES string of the molecule is COc1ccccc1C/C=C\CS(=O)(=O)Cl. The van der Waals surface area contributed by atoms with Crippen LogP contribution in [0.2, 0.25) is 0 Å². The summed E-state index contributed by atoms with van der Waals surface area (Å²) >= 11 is 0. The van der Waals surface area contributed by atoms with Crippen molar-refractivity contribution in [2.24, 2.45) is 0 Å². The molecule has 5 heteroatoms. The van der Waals surface area contributed by atoms with Crippen molar-refractivity contribution in [3.05, 3.63) is 42.0 Å². The van der Waals surface area contributed by atoms with Gasteiger partial charge in [0.1, 0.15) is 5.75 Å². The van der Waals surface area contributed by atoms with Crippen LogP contribution < -0.4 is 4.74 Å². The molecule has 0 saturated carbocycles. The van der Waals surface area contributed by atoms with E-state index in [0.717, 1.165) is 11.3 Å². The summed E-state index contributed by atoms with van der Waals surface area (Å²) in [6.45, 7) is 0. The van der Waals surface area contributed by atoms with E-state index in [1.54, 1.807) is 13.2 Å². The fourth-order valence-corrected chi connectivity index (χ4v) is 1.85. The molecule has 3 nitrogen and oxygen atoms in total. The van der Waals surface area contributed by atoms with Gasteiger partial charge in [0, 0.05) is 10.7 Å². The number of hydrogen-bond donors (Lipinski definition) is 0. The molecule has 0 N–H and O–H groups in total. The summed E-state index contributed by atoms with van der Waals surface area (Å²) in [5.41, 5.74) is 1.01. The van der Waals surface area contributed by atoms with Crippen molar-refractivity contribution >= 4 is 19.7 Å². The Morgan fingerprint density at radius 3 is 2.62 bits per heavy atom. The van der Waals surface area contributed by atoms with Gasteiger partial charge < -0.3 is 4.74 Å². The van der Waals surface area contributed by atoms with Gasteiger partial charge in [-0.1, -0.05) is 30.4 Å². The van der Waals surface area contributed by atoms with Crippen molar-refractivity contribution in [2.45, 2.75) is 6.42 Å². The van der Waals surface area contributed by atoms with Gasteiger partial charge in [-0.05, 0) is 18.1 Å². The summed E-state index contributed by atoms with van der Waals surface area (Å²) in [4.78, 5) is 0. The lowest BCUT2D eigenvalue weighted by molar-refractivity contribution is 0.410. The topological polar surface area (TPSA) is 43.4 Å². The predicted octanol–water partition coefficient (Wildman–Crippen LogP) is 2.36. The van der Waals surface area contributed by atoms with Crippen LogP contribution in [-0.2, 0) is 15.5 Å². The lowest BCUT2D eigenvalue weighted by Gasteiger charge is -2.04. The van der Waals surface area contributed by atoms with E-state index >= 15 is 0 Å². The molecule has 1 aromatic carbocycles. The van der Waals surface area contributed by atoms with Crippen LogP contribution in [-0.4, -0.2) is 21.3 Å². The van der Waals surface area contributed by atoms with E-state index in [4.69, 9.17) is 15.4 Å². The van der Waals surface area contributed by atoms with Crippen molar-refractivity contribution < 1.29 is 13.2 Å². The lowest BCUT2D eigenvalue weighted by atomic mass is 10.1. The van der Waals surface area contributed by atoms with Gasteiger partial charge in [-0.3, -0.25) is 0 Å². The molecular weight excluding hydrogens is 248 g/mol. The Kier molecular flexibility index (Phi) is 4.83. The highest BCUT2D eigenvalue weighted by molar-refractivity contribution is 8.13. The number of methoxy groups -OCH3 is 1. The van der Waals surface area contributed by atoms with Crippen LogP contribution in [0.15, 0.2) is 36.4 Å². The Hall–Kier alpha value is -1.00. The summed E-state index contributed by atoms with van der Waals surface area (Å²) in [6.07, 6.45) is 3.92. The van der Waals surface area contributed by atoms with Gasteiger partial charge in [0.05, 0.1) is 12.9 Å². The normalized spacial score (nSPS) is 11.9. The van der Waals surface area contributed by atoms with E-state index in [1.807, 2.05) is 24.3 Å². The van der Waals surface area contributed by atoms with Gasteiger partial charge in [0.15, 0.2) is 0 Å². The highest BCUT2D eigenvalue weighted by Gasteiger charge is 2.01. The van der Waals surface area contributed by atoms with Gasteiger partial charge in [0.25, 0.3) is 0 Å².